The van der Waals surface area contributed by atoms with Crippen LogP contribution < -0.4 is 5.32 Å². The molecule has 0 aliphatic rings. The van der Waals surface area contributed by atoms with Crippen molar-refractivity contribution < 1.29 is 9.72 Å². The van der Waals surface area contributed by atoms with Crippen molar-refractivity contribution in [2.45, 2.75) is 0 Å². The third-order valence-electron chi connectivity index (χ3n) is 2.63. The molecular weight excluding hydrogens is 292 g/mol. The maximum absolute atomic E-state index is 11.8. The second-order valence-electron chi connectivity index (χ2n) is 4.15. The molecule has 0 heterocycles. The van der Waals surface area contributed by atoms with E-state index in [9.17, 15) is 14.9 Å². The number of hydrogen-bond acceptors (Lipinski definition) is 3. The summed E-state index contributed by atoms with van der Waals surface area (Å²) in [4.78, 5) is 22.1. The topological polar surface area (TPSA) is 72.2 Å². The van der Waals surface area contributed by atoms with Gasteiger partial charge in [0.2, 0.25) is 5.91 Å². The summed E-state index contributed by atoms with van der Waals surface area (Å²) in [5.41, 5.74) is 0.769. The summed E-state index contributed by atoms with van der Waals surface area (Å²) in [6.45, 7) is 0. The molecule has 1 N–H and O–H groups in total. The number of halogens is 1. The Bertz CT molecular complexity index is 714. The van der Waals surface area contributed by atoms with E-state index in [2.05, 4.69) is 5.32 Å². The molecule has 1 amide bonds. The van der Waals surface area contributed by atoms with E-state index >= 15 is 0 Å². The third-order valence-corrected chi connectivity index (χ3v) is 2.87. The largest absolute Gasteiger partial charge is 0.317 e. The molecule has 0 radical (unpaired) electrons. The van der Waals surface area contributed by atoms with Crippen LogP contribution in [-0.2, 0) is 4.79 Å². The minimum Gasteiger partial charge on any atom is -0.317 e. The first kappa shape index (κ1) is 14.7. The third kappa shape index (κ3) is 4.15. The molecule has 2 rings (SSSR count). The van der Waals surface area contributed by atoms with Gasteiger partial charge in [-0.15, -0.1) is 0 Å². The standard InChI is InChI=1S/C15H11ClN2O3/c16-12-5-3-4-11(10-12)8-9-15(19)17-13-6-1-2-7-14(13)18(20)21/h1-10H,(H,17,19)/b9-8+. The Kier molecular flexibility index (Phi) is 4.68. The van der Waals surface area contributed by atoms with Gasteiger partial charge in [0.05, 0.1) is 4.92 Å². The Morgan fingerprint density at radius 1 is 1.19 bits per heavy atom. The number of para-hydroxylation sites is 2. The fourth-order valence-corrected chi connectivity index (χ4v) is 1.89. The van der Waals surface area contributed by atoms with Crippen LogP contribution in [0.3, 0.4) is 0 Å². The van der Waals surface area contributed by atoms with Crippen molar-refractivity contribution >= 4 is 35.0 Å². The summed E-state index contributed by atoms with van der Waals surface area (Å²) in [5.74, 6) is -0.454. The summed E-state index contributed by atoms with van der Waals surface area (Å²) in [7, 11) is 0. The lowest BCUT2D eigenvalue weighted by atomic mass is 10.2. The van der Waals surface area contributed by atoms with Crippen molar-refractivity contribution in [1.29, 1.82) is 0 Å². The van der Waals surface area contributed by atoms with Gasteiger partial charge in [0.25, 0.3) is 5.69 Å². The van der Waals surface area contributed by atoms with E-state index in [0.29, 0.717) is 5.02 Å². The number of carbonyl (C=O) groups is 1. The number of anilines is 1. The van der Waals surface area contributed by atoms with Gasteiger partial charge in [0.1, 0.15) is 5.69 Å². The molecule has 0 saturated carbocycles. The van der Waals surface area contributed by atoms with Gasteiger partial charge in [-0.1, -0.05) is 35.9 Å². The van der Waals surface area contributed by atoms with E-state index in [4.69, 9.17) is 11.6 Å². The molecule has 0 atom stereocenters. The zero-order chi connectivity index (χ0) is 15.2. The van der Waals surface area contributed by atoms with Gasteiger partial charge < -0.3 is 5.32 Å². The van der Waals surface area contributed by atoms with Gasteiger partial charge in [-0.2, -0.15) is 0 Å². The van der Waals surface area contributed by atoms with E-state index in [0.717, 1.165) is 5.56 Å². The fraction of sp³-hybridized carbons (Fsp3) is 0. The number of nitro benzene ring substituents is 1. The highest BCUT2D eigenvalue weighted by Crippen LogP contribution is 2.23. The molecular formula is C15H11ClN2O3. The molecule has 106 valence electrons. The van der Waals surface area contributed by atoms with Crippen LogP contribution in [0.5, 0.6) is 0 Å². The summed E-state index contributed by atoms with van der Waals surface area (Å²) in [5, 5.41) is 13.9. The normalized spacial score (nSPS) is 10.5. The van der Waals surface area contributed by atoms with Crippen molar-refractivity contribution in [3.8, 4) is 0 Å². The number of amides is 1. The molecule has 0 saturated heterocycles. The highest BCUT2D eigenvalue weighted by Gasteiger charge is 2.13. The molecule has 0 spiro atoms. The average Bonchev–Trinajstić information content (AvgIpc) is 2.45. The van der Waals surface area contributed by atoms with Gasteiger partial charge in [0.15, 0.2) is 0 Å². The molecule has 0 aliphatic carbocycles. The molecule has 0 aromatic heterocycles. The molecule has 21 heavy (non-hydrogen) atoms. The van der Waals surface area contributed by atoms with E-state index < -0.39 is 10.8 Å². The molecule has 2 aromatic carbocycles. The fourth-order valence-electron chi connectivity index (χ4n) is 1.70. The van der Waals surface area contributed by atoms with E-state index in [1.165, 1.54) is 24.3 Å². The molecule has 5 nitrogen and oxygen atoms in total. The van der Waals surface area contributed by atoms with Crippen LogP contribution in [0.15, 0.2) is 54.6 Å². The highest BCUT2D eigenvalue weighted by molar-refractivity contribution is 6.30. The maximum Gasteiger partial charge on any atom is 0.292 e. The SMILES string of the molecule is O=C(/C=C/c1cccc(Cl)c1)Nc1ccccc1[N+](=O)[O-]. The molecule has 0 bridgehead atoms. The highest BCUT2D eigenvalue weighted by atomic mass is 35.5. The van der Waals surface area contributed by atoms with Crippen LogP contribution in [0.1, 0.15) is 5.56 Å². The van der Waals surface area contributed by atoms with Crippen LogP contribution >= 0.6 is 11.6 Å². The lowest BCUT2D eigenvalue weighted by molar-refractivity contribution is -0.383. The van der Waals surface area contributed by atoms with Crippen LogP contribution in [-0.4, -0.2) is 10.8 Å². The average molecular weight is 303 g/mol. The minimum absolute atomic E-state index is 0.151. The Labute approximate surface area is 126 Å². The number of carbonyl (C=O) groups excluding carboxylic acids is 1. The first-order chi connectivity index (χ1) is 10.1. The zero-order valence-corrected chi connectivity index (χ0v) is 11.6. The quantitative estimate of drug-likeness (QED) is 0.529. The van der Waals surface area contributed by atoms with E-state index in [1.807, 2.05) is 0 Å². The smallest absolute Gasteiger partial charge is 0.292 e. The van der Waals surface area contributed by atoms with Gasteiger partial charge in [-0.25, -0.2) is 0 Å². The molecule has 6 heteroatoms. The zero-order valence-electron chi connectivity index (χ0n) is 10.8. The van der Waals surface area contributed by atoms with Crippen molar-refractivity contribution in [3.05, 3.63) is 75.3 Å². The number of rotatable bonds is 4. The number of nitrogens with zero attached hydrogens (tertiary/aromatic N) is 1. The van der Waals surface area contributed by atoms with Gasteiger partial charge in [-0.05, 0) is 29.8 Å². The lowest BCUT2D eigenvalue weighted by Gasteiger charge is -2.02. The Hall–Kier alpha value is -2.66. The van der Waals surface area contributed by atoms with Crippen molar-refractivity contribution in [1.82, 2.24) is 0 Å². The monoisotopic (exact) mass is 302 g/mol. The molecule has 0 fully saturated rings. The van der Waals surface area contributed by atoms with E-state index in [-0.39, 0.29) is 11.4 Å². The minimum atomic E-state index is -0.545. The second-order valence-corrected chi connectivity index (χ2v) is 4.59. The predicted octanol–water partition coefficient (Wildman–Crippen LogP) is 3.90. The summed E-state index contributed by atoms with van der Waals surface area (Å²) < 4.78 is 0. The van der Waals surface area contributed by atoms with Gasteiger partial charge in [-0.3, -0.25) is 14.9 Å². The van der Waals surface area contributed by atoms with Crippen molar-refractivity contribution in [2.75, 3.05) is 5.32 Å². The Morgan fingerprint density at radius 3 is 2.67 bits per heavy atom. The van der Waals surface area contributed by atoms with Gasteiger partial charge >= 0.3 is 0 Å². The second kappa shape index (κ2) is 6.67. The summed E-state index contributed by atoms with van der Waals surface area (Å²) in [6, 6.07) is 12.9. The summed E-state index contributed by atoms with van der Waals surface area (Å²) in [6.07, 6.45) is 2.87. The van der Waals surface area contributed by atoms with Gasteiger partial charge in [0, 0.05) is 17.2 Å². The van der Waals surface area contributed by atoms with Crippen LogP contribution in [0.4, 0.5) is 11.4 Å². The number of nitro groups is 1. The van der Waals surface area contributed by atoms with Crippen LogP contribution in [0.25, 0.3) is 6.08 Å². The maximum atomic E-state index is 11.8. The lowest BCUT2D eigenvalue weighted by Crippen LogP contribution is -2.09. The Morgan fingerprint density at radius 2 is 1.95 bits per heavy atom. The van der Waals surface area contributed by atoms with E-state index in [1.54, 1.807) is 36.4 Å². The number of hydrogen-bond donors (Lipinski definition) is 1. The van der Waals surface area contributed by atoms with Crippen molar-refractivity contribution in [3.63, 3.8) is 0 Å². The number of benzene rings is 2. The van der Waals surface area contributed by atoms with Crippen LogP contribution in [0, 0.1) is 10.1 Å². The molecule has 2 aromatic rings. The molecule has 0 unspecified atom stereocenters. The van der Waals surface area contributed by atoms with Crippen LogP contribution in [0.2, 0.25) is 5.02 Å². The van der Waals surface area contributed by atoms with Crippen molar-refractivity contribution in [2.24, 2.45) is 0 Å². The molecule has 0 aliphatic heterocycles. The first-order valence-electron chi connectivity index (χ1n) is 6.04. The summed E-state index contributed by atoms with van der Waals surface area (Å²) >= 11 is 5.84. The first-order valence-corrected chi connectivity index (χ1v) is 6.42. The predicted molar refractivity (Wildman–Crippen MR) is 82.2 cm³/mol. The number of nitrogens with one attached hydrogen (secondary N) is 1. The Balaban J connectivity index is 2.10.